The van der Waals surface area contributed by atoms with Gasteiger partial charge >= 0.3 is 5.97 Å². The molecule has 1 aromatic heterocycles. The summed E-state index contributed by atoms with van der Waals surface area (Å²) in [7, 11) is 1.76. The molecule has 0 fully saturated rings. The number of nitrogens with zero attached hydrogens (tertiary/aromatic N) is 2. The van der Waals surface area contributed by atoms with Crippen LogP contribution in [0.15, 0.2) is 66.4 Å². The predicted octanol–water partition coefficient (Wildman–Crippen LogP) is 3.52. The summed E-state index contributed by atoms with van der Waals surface area (Å²) in [6.07, 6.45) is 1.30. The molecule has 0 saturated heterocycles. The summed E-state index contributed by atoms with van der Waals surface area (Å²) in [5.41, 5.74) is 1.61. The van der Waals surface area contributed by atoms with Gasteiger partial charge in [0.05, 0.1) is 5.52 Å². The van der Waals surface area contributed by atoms with Crippen molar-refractivity contribution in [2.45, 2.75) is 6.92 Å². The number of aryl methyl sites for hydroxylation is 1. The Hall–Kier alpha value is -3.21. The Kier molecular flexibility index (Phi) is 4.24. The highest BCUT2D eigenvalue weighted by atomic mass is 16.5. The molecule has 0 aliphatic carbocycles. The molecule has 0 aliphatic heterocycles. The van der Waals surface area contributed by atoms with E-state index in [1.165, 1.54) is 6.08 Å². The molecule has 3 aromatic rings. The summed E-state index contributed by atoms with van der Waals surface area (Å²) >= 11 is 0. The van der Waals surface area contributed by atoms with Crippen molar-refractivity contribution in [1.29, 1.82) is 0 Å². The minimum absolute atomic E-state index is 0.216. The Balaban J connectivity index is 1.81. The van der Waals surface area contributed by atoms with Gasteiger partial charge in [0.2, 0.25) is 0 Å². The van der Waals surface area contributed by atoms with Gasteiger partial charge in [-0.05, 0) is 13.0 Å². The number of fused-ring (bicyclic) bond motifs is 1. The molecule has 1 heterocycles. The minimum atomic E-state index is -0.582. The average Bonchev–Trinajstić information content (AvgIpc) is 2.93. The number of para-hydroxylation sites is 1. The molecule has 0 atom stereocenters. The second-order valence-corrected chi connectivity index (χ2v) is 5.36. The minimum Gasteiger partial charge on any atom is -0.426 e. The first-order valence-corrected chi connectivity index (χ1v) is 7.48. The lowest BCUT2D eigenvalue weighted by Gasteiger charge is -2.03. The van der Waals surface area contributed by atoms with E-state index in [2.05, 4.69) is 5.10 Å². The van der Waals surface area contributed by atoms with Crippen molar-refractivity contribution in [2.75, 3.05) is 0 Å². The van der Waals surface area contributed by atoms with Crippen LogP contribution in [0.2, 0.25) is 0 Å². The molecule has 0 bridgehead atoms. The number of carbonyl (C=O) groups excluding carboxylic acids is 2. The van der Waals surface area contributed by atoms with Crippen LogP contribution in [0.25, 0.3) is 10.9 Å². The van der Waals surface area contributed by atoms with Crippen molar-refractivity contribution in [2.24, 2.45) is 7.05 Å². The van der Waals surface area contributed by atoms with E-state index in [1.54, 1.807) is 42.9 Å². The first-order chi connectivity index (χ1) is 11.6. The number of ketones is 1. The van der Waals surface area contributed by atoms with Gasteiger partial charge in [-0.15, -0.1) is 0 Å². The third-order valence-corrected chi connectivity index (χ3v) is 3.60. The number of carbonyl (C=O) groups is 2. The number of hydrogen-bond acceptors (Lipinski definition) is 4. The van der Waals surface area contributed by atoms with Crippen LogP contribution in [0, 0.1) is 0 Å². The number of hydrogen-bond donors (Lipinski definition) is 0. The van der Waals surface area contributed by atoms with E-state index < -0.39 is 5.97 Å². The molecule has 2 aromatic carbocycles. The standard InChI is InChI=1S/C19H16N2O3/c1-13(12-17(22)14-8-4-3-5-9-14)24-19(23)18-15-10-6-7-11-16(15)21(2)20-18/h3-12H,1-2H3. The fourth-order valence-electron chi connectivity index (χ4n) is 2.46. The molecule has 24 heavy (non-hydrogen) atoms. The van der Waals surface area contributed by atoms with Gasteiger partial charge in [0, 0.05) is 24.1 Å². The van der Waals surface area contributed by atoms with Crippen LogP contribution in [0.5, 0.6) is 0 Å². The van der Waals surface area contributed by atoms with Gasteiger partial charge in [-0.25, -0.2) is 4.79 Å². The number of benzene rings is 2. The van der Waals surface area contributed by atoms with E-state index in [-0.39, 0.29) is 17.2 Å². The van der Waals surface area contributed by atoms with E-state index in [0.717, 1.165) is 5.52 Å². The highest BCUT2D eigenvalue weighted by Crippen LogP contribution is 2.19. The quantitative estimate of drug-likeness (QED) is 0.319. The maximum absolute atomic E-state index is 12.4. The van der Waals surface area contributed by atoms with E-state index >= 15 is 0 Å². The SMILES string of the molecule is CC(=CC(=O)c1ccccc1)OC(=O)c1nn(C)c2ccccc12. The van der Waals surface area contributed by atoms with Crippen LogP contribution < -0.4 is 0 Å². The summed E-state index contributed by atoms with van der Waals surface area (Å²) in [5, 5.41) is 4.93. The average molecular weight is 320 g/mol. The highest BCUT2D eigenvalue weighted by Gasteiger charge is 2.18. The van der Waals surface area contributed by atoms with Crippen LogP contribution in [0.4, 0.5) is 0 Å². The molecule has 120 valence electrons. The number of allylic oxidation sites excluding steroid dienone is 2. The zero-order valence-electron chi connectivity index (χ0n) is 13.4. The largest absolute Gasteiger partial charge is 0.426 e. The molecule has 5 nitrogen and oxygen atoms in total. The molecule has 0 aliphatic rings. The molecule has 0 unspecified atom stereocenters. The van der Waals surface area contributed by atoms with Gasteiger partial charge in [0.25, 0.3) is 0 Å². The van der Waals surface area contributed by atoms with Crippen molar-refractivity contribution < 1.29 is 14.3 Å². The van der Waals surface area contributed by atoms with Crippen LogP contribution >= 0.6 is 0 Å². The van der Waals surface area contributed by atoms with Gasteiger partial charge in [0.15, 0.2) is 11.5 Å². The van der Waals surface area contributed by atoms with E-state index in [0.29, 0.717) is 10.9 Å². The summed E-state index contributed by atoms with van der Waals surface area (Å²) in [4.78, 5) is 24.5. The lowest BCUT2D eigenvalue weighted by Crippen LogP contribution is -2.07. The molecular formula is C19H16N2O3. The molecule has 0 spiro atoms. The van der Waals surface area contributed by atoms with Crippen LogP contribution in [-0.4, -0.2) is 21.5 Å². The molecule has 0 radical (unpaired) electrons. The molecular weight excluding hydrogens is 304 g/mol. The maximum Gasteiger partial charge on any atom is 0.364 e. The normalized spacial score (nSPS) is 11.5. The Morgan fingerprint density at radius 3 is 2.46 bits per heavy atom. The van der Waals surface area contributed by atoms with Gasteiger partial charge in [0.1, 0.15) is 5.76 Å². The van der Waals surface area contributed by atoms with Crippen LogP contribution in [0.3, 0.4) is 0 Å². The zero-order valence-corrected chi connectivity index (χ0v) is 13.4. The van der Waals surface area contributed by atoms with Crippen LogP contribution in [-0.2, 0) is 11.8 Å². The topological polar surface area (TPSA) is 61.2 Å². The number of aromatic nitrogens is 2. The van der Waals surface area contributed by atoms with Gasteiger partial charge in [-0.1, -0.05) is 48.5 Å². The summed E-state index contributed by atoms with van der Waals surface area (Å²) < 4.78 is 6.90. The van der Waals surface area contributed by atoms with E-state index in [1.807, 2.05) is 30.3 Å². The molecule has 0 amide bonds. The molecule has 5 heteroatoms. The van der Waals surface area contributed by atoms with Crippen molar-refractivity contribution in [3.63, 3.8) is 0 Å². The molecule has 3 rings (SSSR count). The fourth-order valence-corrected chi connectivity index (χ4v) is 2.46. The number of esters is 1. The smallest absolute Gasteiger partial charge is 0.364 e. The first-order valence-electron chi connectivity index (χ1n) is 7.48. The second kappa shape index (κ2) is 6.50. The van der Waals surface area contributed by atoms with E-state index in [9.17, 15) is 9.59 Å². The Bertz CT molecular complexity index is 940. The van der Waals surface area contributed by atoms with Gasteiger partial charge in [-0.2, -0.15) is 5.10 Å². The lowest BCUT2D eigenvalue weighted by molar-refractivity contribution is 0.0620. The third kappa shape index (κ3) is 3.10. The molecule has 0 N–H and O–H groups in total. The lowest BCUT2D eigenvalue weighted by atomic mass is 10.1. The Morgan fingerprint density at radius 1 is 1.04 bits per heavy atom. The predicted molar refractivity (Wildman–Crippen MR) is 90.7 cm³/mol. The van der Waals surface area contributed by atoms with Crippen LogP contribution in [0.1, 0.15) is 27.8 Å². The van der Waals surface area contributed by atoms with Gasteiger partial charge < -0.3 is 4.74 Å². The molecule has 0 saturated carbocycles. The van der Waals surface area contributed by atoms with E-state index in [4.69, 9.17) is 4.74 Å². The number of rotatable bonds is 4. The Morgan fingerprint density at radius 2 is 1.71 bits per heavy atom. The summed E-state index contributed by atoms with van der Waals surface area (Å²) in [5.74, 6) is -0.572. The first kappa shape index (κ1) is 15.7. The van der Waals surface area contributed by atoms with Crippen molar-refractivity contribution in [3.05, 3.63) is 77.7 Å². The fraction of sp³-hybridized carbons (Fsp3) is 0.105. The third-order valence-electron chi connectivity index (χ3n) is 3.60. The summed E-state index contributed by atoms with van der Waals surface area (Å²) in [6.45, 7) is 1.57. The monoisotopic (exact) mass is 320 g/mol. The zero-order chi connectivity index (χ0) is 17.1. The highest BCUT2D eigenvalue weighted by molar-refractivity contribution is 6.05. The maximum atomic E-state index is 12.4. The summed E-state index contributed by atoms with van der Waals surface area (Å²) in [6, 6.07) is 16.2. The Labute approximate surface area is 139 Å². The number of ether oxygens (including phenoxy) is 1. The van der Waals surface area contributed by atoms with Crippen molar-refractivity contribution in [3.8, 4) is 0 Å². The van der Waals surface area contributed by atoms with Crippen molar-refractivity contribution >= 4 is 22.7 Å². The van der Waals surface area contributed by atoms with Gasteiger partial charge in [-0.3, -0.25) is 9.48 Å². The van der Waals surface area contributed by atoms with Crippen molar-refractivity contribution in [1.82, 2.24) is 9.78 Å². The second-order valence-electron chi connectivity index (χ2n) is 5.36.